The Morgan fingerprint density at radius 3 is 2.17 bits per heavy atom. The molecule has 1 heterocycles. The summed E-state index contributed by atoms with van der Waals surface area (Å²) < 4.78 is 34.4. The molecule has 0 amide bonds. The molecular formula is C19H18O4S. The van der Waals surface area contributed by atoms with Crippen molar-refractivity contribution in [2.45, 2.75) is 25.4 Å². The third-order valence-electron chi connectivity index (χ3n) is 4.47. The van der Waals surface area contributed by atoms with Crippen LogP contribution in [0.1, 0.15) is 30.4 Å². The van der Waals surface area contributed by atoms with Crippen molar-refractivity contribution in [3.8, 4) is 11.5 Å². The summed E-state index contributed by atoms with van der Waals surface area (Å²) in [6.07, 6.45) is 2.80. The first-order valence-electron chi connectivity index (χ1n) is 7.98. The molecule has 0 spiro atoms. The van der Waals surface area contributed by atoms with E-state index in [1.54, 1.807) is 0 Å². The highest BCUT2D eigenvalue weighted by Crippen LogP contribution is 2.48. The predicted octanol–water partition coefficient (Wildman–Crippen LogP) is 4.23. The zero-order chi connectivity index (χ0) is 16.7. The highest BCUT2D eigenvalue weighted by Gasteiger charge is 2.30. The number of hydrogen-bond donors (Lipinski definition) is 0. The van der Waals surface area contributed by atoms with Crippen molar-refractivity contribution in [3.63, 3.8) is 0 Å². The standard InChI is InChI=1S/C19H18O4S/c1-24(20,21)23-13-10-11-14-15-6-2-4-8-18(15)22-19-9-5-3-7-16(19)17(14)12-13/h2-9,13H,10-12H2,1H3. The van der Waals surface area contributed by atoms with Gasteiger partial charge in [0.05, 0.1) is 12.4 Å². The van der Waals surface area contributed by atoms with Crippen LogP contribution < -0.4 is 4.74 Å². The van der Waals surface area contributed by atoms with Gasteiger partial charge in [-0.2, -0.15) is 8.42 Å². The van der Waals surface area contributed by atoms with Crippen molar-refractivity contribution in [2.75, 3.05) is 6.26 Å². The Morgan fingerprint density at radius 1 is 0.958 bits per heavy atom. The lowest BCUT2D eigenvalue weighted by atomic mass is 9.83. The molecule has 2 aromatic carbocycles. The highest BCUT2D eigenvalue weighted by atomic mass is 32.2. The van der Waals surface area contributed by atoms with Gasteiger partial charge in [0.2, 0.25) is 0 Å². The molecule has 1 unspecified atom stereocenters. The molecule has 5 heteroatoms. The summed E-state index contributed by atoms with van der Waals surface area (Å²) in [7, 11) is -3.46. The summed E-state index contributed by atoms with van der Waals surface area (Å²) >= 11 is 0. The summed E-state index contributed by atoms with van der Waals surface area (Å²) in [5.41, 5.74) is 4.45. The second-order valence-corrected chi connectivity index (χ2v) is 7.82. The van der Waals surface area contributed by atoms with Gasteiger partial charge >= 0.3 is 0 Å². The van der Waals surface area contributed by atoms with Crippen LogP contribution in [0.2, 0.25) is 0 Å². The topological polar surface area (TPSA) is 52.6 Å². The Bertz CT molecular complexity index is 928. The van der Waals surface area contributed by atoms with E-state index in [0.717, 1.165) is 40.9 Å². The van der Waals surface area contributed by atoms with E-state index in [-0.39, 0.29) is 6.10 Å². The summed E-state index contributed by atoms with van der Waals surface area (Å²) in [6.45, 7) is 0. The number of para-hydroxylation sites is 2. The van der Waals surface area contributed by atoms with Crippen molar-refractivity contribution in [2.24, 2.45) is 0 Å². The van der Waals surface area contributed by atoms with Gasteiger partial charge in [-0.3, -0.25) is 4.18 Å². The van der Waals surface area contributed by atoms with E-state index in [4.69, 9.17) is 8.92 Å². The zero-order valence-electron chi connectivity index (χ0n) is 13.4. The van der Waals surface area contributed by atoms with Gasteiger partial charge in [-0.1, -0.05) is 36.4 Å². The smallest absolute Gasteiger partial charge is 0.264 e. The molecule has 1 aliphatic heterocycles. The Kier molecular flexibility index (Phi) is 3.70. The van der Waals surface area contributed by atoms with E-state index >= 15 is 0 Å². The van der Waals surface area contributed by atoms with Crippen LogP contribution in [0.5, 0.6) is 11.5 Å². The molecule has 24 heavy (non-hydrogen) atoms. The Hall–Kier alpha value is -2.11. The highest BCUT2D eigenvalue weighted by molar-refractivity contribution is 7.86. The average molecular weight is 342 g/mol. The van der Waals surface area contributed by atoms with Crippen LogP contribution in [0.3, 0.4) is 0 Å². The van der Waals surface area contributed by atoms with E-state index in [2.05, 4.69) is 6.07 Å². The van der Waals surface area contributed by atoms with E-state index < -0.39 is 10.1 Å². The van der Waals surface area contributed by atoms with E-state index in [1.807, 2.05) is 42.5 Å². The molecule has 4 rings (SSSR count). The van der Waals surface area contributed by atoms with Crippen LogP contribution >= 0.6 is 0 Å². The second kappa shape index (κ2) is 5.76. The molecule has 4 nitrogen and oxygen atoms in total. The molecule has 1 aliphatic carbocycles. The fraction of sp³-hybridized carbons (Fsp3) is 0.263. The zero-order valence-corrected chi connectivity index (χ0v) is 14.2. The third-order valence-corrected chi connectivity index (χ3v) is 5.09. The van der Waals surface area contributed by atoms with Crippen molar-refractivity contribution >= 4 is 21.3 Å². The molecule has 0 N–H and O–H groups in total. The molecule has 0 bridgehead atoms. The van der Waals surface area contributed by atoms with Crippen LogP contribution in [0.4, 0.5) is 0 Å². The predicted molar refractivity (Wildman–Crippen MR) is 93.3 cm³/mol. The van der Waals surface area contributed by atoms with E-state index in [9.17, 15) is 8.42 Å². The molecule has 124 valence electrons. The first-order valence-corrected chi connectivity index (χ1v) is 9.80. The Labute approximate surface area is 141 Å². The van der Waals surface area contributed by atoms with E-state index in [1.165, 1.54) is 5.57 Å². The quantitative estimate of drug-likeness (QED) is 0.766. The molecule has 0 radical (unpaired) electrons. The van der Waals surface area contributed by atoms with Gasteiger partial charge in [-0.05, 0) is 36.1 Å². The van der Waals surface area contributed by atoms with Gasteiger partial charge in [0, 0.05) is 17.5 Å². The number of benzene rings is 2. The van der Waals surface area contributed by atoms with Crippen LogP contribution in [0.15, 0.2) is 48.5 Å². The minimum absolute atomic E-state index is 0.322. The Balaban J connectivity index is 1.85. The normalized spacial score (nSPS) is 19.6. The van der Waals surface area contributed by atoms with Gasteiger partial charge in [-0.25, -0.2) is 0 Å². The fourth-order valence-electron chi connectivity index (χ4n) is 3.54. The maximum Gasteiger partial charge on any atom is 0.264 e. The van der Waals surface area contributed by atoms with Crippen LogP contribution in [-0.2, 0) is 14.3 Å². The van der Waals surface area contributed by atoms with Gasteiger partial charge in [0.1, 0.15) is 11.5 Å². The average Bonchev–Trinajstić information content (AvgIpc) is 2.68. The lowest BCUT2D eigenvalue weighted by Gasteiger charge is -2.26. The number of ether oxygens (including phenoxy) is 1. The van der Waals surface area contributed by atoms with Gasteiger partial charge in [0.15, 0.2) is 0 Å². The Morgan fingerprint density at radius 2 is 1.54 bits per heavy atom. The summed E-state index contributed by atoms with van der Waals surface area (Å²) in [5, 5.41) is 0. The molecule has 2 aliphatic rings. The number of fused-ring (bicyclic) bond motifs is 4. The largest absolute Gasteiger partial charge is 0.456 e. The summed E-state index contributed by atoms with van der Waals surface area (Å²) in [4.78, 5) is 0. The molecule has 1 atom stereocenters. The maximum atomic E-state index is 11.5. The van der Waals surface area contributed by atoms with Gasteiger partial charge < -0.3 is 4.74 Å². The molecule has 0 aromatic heterocycles. The first kappa shape index (κ1) is 15.4. The molecule has 0 saturated heterocycles. The van der Waals surface area contributed by atoms with Crippen molar-refractivity contribution in [3.05, 3.63) is 59.7 Å². The van der Waals surface area contributed by atoms with E-state index in [0.29, 0.717) is 12.8 Å². The lowest BCUT2D eigenvalue weighted by Crippen LogP contribution is -2.21. The molecule has 0 fully saturated rings. The van der Waals surface area contributed by atoms with Gasteiger partial charge in [0.25, 0.3) is 10.1 Å². The number of rotatable bonds is 2. The van der Waals surface area contributed by atoms with Crippen LogP contribution in [-0.4, -0.2) is 20.8 Å². The minimum Gasteiger partial charge on any atom is -0.456 e. The van der Waals surface area contributed by atoms with Crippen molar-refractivity contribution < 1.29 is 17.3 Å². The molecule has 2 aromatic rings. The SMILES string of the molecule is CS(=O)(=O)OC1CCC2=C(C1)c1ccccc1Oc1ccccc12. The second-order valence-electron chi connectivity index (χ2n) is 6.22. The van der Waals surface area contributed by atoms with Crippen molar-refractivity contribution in [1.29, 1.82) is 0 Å². The third kappa shape index (κ3) is 2.85. The molecular weight excluding hydrogens is 324 g/mol. The molecule has 0 saturated carbocycles. The summed E-state index contributed by atoms with van der Waals surface area (Å²) in [6, 6.07) is 15.9. The first-order chi connectivity index (χ1) is 11.5. The number of hydrogen-bond acceptors (Lipinski definition) is 4. The van der Waals surface area contributed by atoms with Crippen LogP contribution in [0, 0.1) is 0 Å². The van der Waals surface area contributed by atoms with Crippen molar-refractivity contribution in [1.82, 2.24) is 0 Å². The lowest BCUT2D eigenvalue weighted by molar-refractivity contribution is 0.205. The van der Waals surface area contributed by atoms with Gasteiger partial charge in [-0.15, -0.1) is 0 Å². The number of allylic oxidation sites excluding steroid dienone is 1. The summed E-state index contributed by atoms with van der Waals surface area (Å²) in [5.74, 6) is 1.65. The minimum atomic E-state index is -3.46. The monoisotopic (exact) mass is 342 g/mol. The maximum absolute atomic E-state index is 11.5. The van der Waals surface area contributed by atoms with Crippen LogP contribution in [0.25, 0.3) is 11.1 Å². The fourth-order valence-corrected chi connectivity index (χ4v) is 4.20.